The first-order valence-electron chi connectivity index (χ1n) is 4.66. The number of anilines is 1. The number of ether oxygens (including phenoxy) is 1. The number of amides is 1. The van der Waals surface area contributed by atoms with Crippen LogP contribution < -0.4 is 5.32 Å². The van der Waals surface area contributed by atoms with Crippen LogP contribution in [0.15, 0.2) is 18.2 Å². The lowest BCUT2D eigenvalue weighted by atomic mass is 10.1. The summed E-state index contributed by atoms with van der Waals surface area (Å²) in [6.07, 6.45) is -0.809. The summed E-state index contributed by atoms with van der Waals surface area (Å²) in [5.41, 5.74) is 0.469. The number of rotatable bonds is 3. The van der Waals surface area contributed by atoms with Gasteiger partial charge in [-0.2, -0.15) is 5.26 Å². The van der Waals surface area contributed by atoms with Crippen LogP contribution in [0.5, 0.6) is 0 Å². The van der Waals surface area contributed by atoms with Crippen LogP contribution in [-0.4, -0.2) is 18.5 Å². The summed E-state index contributed by atoms with van der Waals surface area (Å²) in [5.74, 6) is -0.272. The number of nitrogens with zero attached hydrogens (tertiary/aromatic N) is 1. The maximum atomic E-state index is 11.4. The van der Waals surface area contributed by atoms with E-state index < -0.39 is 6.09 Å². The Morgan fingerprint density at radius 3 is 2.82 bits per heavy atom. The first kappa shape index (κ1) is 13.0. The van der Waals surface area contributed by atoms with Gasteiger partial charge in [-0.05, 0) is 19.1 Å². The Kier molecular flexibility index (Phi) is 4.49. The number of ketones is 1. The number of carbonyl (C=O) groups excluding carboxylic acids is 2. The molecule has 0 aliphatic carbocycles. The first-order chi connectivity index (χ1) is 8.06. The largest absolute Gasteiger partial charge is 0.434 e. The summed E-state index contributed by atoms with van der Waals surface area (Å²) in [4.78, 5) is 22.6. The van der Waals surface area contributed by atoms with Gasteiger partial charge in [0.15, 0.2) is 12.4 Å². The molecule has 0 fully saturated rings. The monoisotopic (exact) mass is 252 g/mol. The molecule has 0 bridgehead atoms. The number of hydrogen-bond donors (Lipinski definition) is 1. The molecule has 0 aliphatic heterocycles. The van der Waals surface area contributed by atoms with Crippen molar-refractivity contribution in [1.82, 2.24) is 0 Å². The third-order valence-electron chi connectivity index (χ3n) is 1.87. The van der Waals surface area contributed by atoms with Gasteiger partial charge in [0, 0.05) is 0 Å². The quantitative estimate of drug-likeness (QED) is 0.839. The minimum Gasteiger partial charge on any atom is -0.434 e. The molecule has 0 aromatic heterocycles. The summed E-state index contributed by atoms with van der Waals surface area (Å²) < 4.78 is 4.50. The van der Waals surface area contributed by atoms with Crippen molar-refractivity contribution >= 4 is 29.2 Å². The molecule has 1 aromatic rings. The molecule has 1 aromatic carbocycles. The van der Waals surface area contributed by atoms with Gasteiger partial charge >= 0.3 is 6.09 Å². The lowest BCUT2D eigenvalue weighted by Crippen LogP contribution is -2.16. The molecule has 1 rings (SSSR count). The zero-order chi connectivity index (χ0) is 12.8. The molecule has 1 amide bonds. The molecular weight excluding hydrogens is 244 g/mol. The third kappa shape index (κ3) is 3.47. The van der Waals surface area contributed by atoms with Gasteiger partial charge in [-0.1, -0.05) is 17.7 Å². The first-order valence-corrected chi connectivity index (χ1v) is 5.04. The van der Waals surface area contributed by atoms with Crippen LogP contribution in [0.4, 0.5) is 10.5 Å². The van der Waals surface area contributed by atoms with Crippen molar-refractivity contribution in [3.63, 3.8) is 0 Å². The fraction of sp³-hybridized carbons (Fsp3) is 0.182. The Balaban J connectivity index is 2.92. The van der Waals surface area contributed by atoms with E-state index in [4.69, 9.17) is 16.9 Å². The van der Waals surface area contributed by atoms with Crippen LogP contribution in [0.2, 0.25) is 5.02 Å². The Hall–Kier alpha value is -2.06. The molecule has 0 saturated carbocycles. The maximum Gasteiger partial charge on any atom is 0.412 e. The lowest BCUT2D eigenvalue weighted by molar-refractivity contribution is 0.101. The second kappa shape index (κ2) is 5.87. The van der Waals surface area contributed by atoms with E-state index in [-0.39, 0.29) is 28.7 Å². The molecule has 88 valence electrons. The van der Waals surface area contributed by atoms with Gasteiger partial charge in [0.2, 0.25) is 0 Å². The highest BCUT2D eigenvalue weighted by molar-refractivity contribution is 6.34. The van der Waals surface area contributed by atoms with E-state index in [2.05, 4.69) is 10.1 Å². The Bertz CT molecular complexity index is 494. The van der Waals surface area contributed by atoms with Gasteiger partial charge < -0.3 is 4.74 Å². The van der Waals surface area contributed by atoms with Gasteiger partial charge in [0.1, 0.15) is 6.07 Å². The summed E-state index contributed by atoms with van der Waals surface area (Å²) in [5, 5.41) is 10.8. The standard InChI is InChI=1S/C11H9ClN2O3/c1-7(15)10-8(12)3-2-4-9(10)14-11(16)17-6-5-13/h2-4H,6H2,1H3,(H,14,16). The number of nitriles is 1. The van der Waals surface area contributed by atoms with Crippen molar-refractivity contribution in [2.75, 3.05) is 11.9 Å². The highest BCUT2D eigenvalue weighted by atomic mass is 35.5. The van der Waals surface area contributed by atoms with E-state index in [1.165, 1.54) is 13.0 Å². The molecule has 0 saturated heterocycles. The molecule has 0 radical (unpaired) electrons. The molecule has 0 spiro atoms. The number of carbonyl (C=O) groups is 2. The molecular formula is C11H9ClN2O3. The zero-order valence-electron chi connectivity index (χ0n) is 8.99. The van der Waals surface area contributed by atoms with E-state index in [1.807, 2.05) is 0 Å². The average Bonchev–Trinajstić information content (AvgIpc) is 2.25. The number of hydrogen-bond acceptors (Lipinski definition) is 4. The topological polar surface area (TPSA) is 79.2 Å². The molecule has 0 aliphatic rings. The lowest BCUT2D eigenvalue weighted by Gasteiger charge is -2.09. The van der Waals surface area contributed by atoms with E-state index in [9.17, 15) is 9.59 Å². The smallest absolute Gasteiger partial charge is 0.412 e. The van der Waals surface area contributed by atoms with Crippen molar-refractivity contribution in [2.45, 2.75) is 6.92 Å². The Labute approximate surface area is 103 Å². The van der Waals surface area contributed by atoms with Crippen LogP contribution in [0.25, 0.3) is 0 Å². The highest BCUT2D eigenvalue weighted by Crippen LogP contribution is 2.24. The maximum absolute atomic E-state index is 11.4. The second-order valence-corrected chi connectivity index (χ2v) is 3.49. The number of nitrogens with one attached hydrogen (secondary N) is 1. The van der Waals surface area contributed by atoms with Gasteiger partial charge in [0.25, 0.3) is 0 Å². The fourth-order valence-electron chi connectivity index (χ4n) is 1.23. The summed E-state index contributed by atoms with van der Waals surface area (Å²) >= 11 is 5.85. The summed E-state index contributed by atoms with van der Waals surface area (Å²) in [6.45, 7) is 0.981. The van der Waals surface area contributed by atoms with Crippen molar-refractivity contribution in [1.29, 1.82) is 5.26 Å². The number of Topliss-reactive ketones (excluding diaryl/α,β-unsaturated/α-hetero) is 1. The predicted octanol–water partition coefficient (Wildman–Crippen LogP) is 2.61. The highest BCUT2D eigenvalue weighted by Gasteiger charge is 2.13. The average molecular weight is 253 g/mol. The van der Waals surface area contributed by atoms with Gasteiger partial charge in [-0.15, -0.1) is 0 Å². The summed E-state index contributed by atoms with van der Waals surface area (Å²) in [6, 6.07) is 6.32. The van der Waals surface area contributed by atoms with Crippen molar-refractivity contribution in [3.8, 4) is 6.07 Å². The second-order valence-electron chi connectivity index (χ2n) is 3.08. The Morgan fingerprint density at radius 2 is 2.24 bits per heavy atom. The molecule has 0 atom stereocenters. The van der Waals surface area contributed by atoms with E-state index >= 15 is 0 Å². The van der Waals surface area contributed by atoms with Crippen molar-refractivity contribution < 1.29 is 14.3 Å². The van der Waals surface area contributed by atoms with Gasteiger partial charge in [-0.3, -0.25) is 10.1 Å². The van der Waals surface area contributed by atoms with Crippen molar-refractivity contribution in [2.24, 2.45) is 0 Å². The minimum atomic E-state index is -0.809. The van der Waals surface area contributed by atoms with E-state index in [0.717, 1.165) is 0 Å². The fourth-order valence-corrected chi connectivity index (χ4v) is 1.54. The molecule has 0 heterocycles. The number of benzene rings is 1. The molecule has 1 N–H and O–H groups in total. The van der Waals surface area contributed by atoms with Gasteiger partial charge in [-0.25, -0.2) is 4.79 Å². The van der Waals surface area contributed by atoms with Crippen LogP contribution in [0.3, 0.4) is 0 Å². The zero-order valence-corrected chi connectivity index (χ0v) is 9.75. The van der Waals surface area contributed by atoms with Crippen molar-refractivity contribution in [3.05, 3.63) is 28.8 Å². The van der Waals surface area contributed by atoms with E-state index in [0.29, 0.717) is 0 Å². The van der Waals surface area contributed by atoms with Crippen LogP contribution in [0.1, 0.15) is 17.3 Å². The normalized spacial score (nSPS) is 9.24. The molecule has 17 heavy (non-hydrogen) atoms. The molecule has 0 unspecified atom stereocenters. The molecule has 5 nitrogen and oxygen atoms in total. The van der Waals surface area contributed by atoms with Crippen LogP contribution in [0, 0.1) is 11.3 Å². The van der Waals surface area contributed by atoms with Crippen LogP contribution >= 0.6 is 11.6 Å². The molecule has 6 heteroatoms. The number of halogens is 1. The van der Waals surface area contributed by atoms with E-state index in [1.54, 1.807) is 18.2 Å². The SMILES string of the molecule is CC(=O)c1c(Cl)cccc1NC(=O)OCC#N. The third-order valence-corrected chi connectivity index (χ3v) is 2.19. The summed E-state index contributed by atoms with van der Waals surface area (Å²) in [7, 11) is 0. The minimum absolute atomic E-state index is 0.211. The predicted molar refractivity (Wildman–Crippen MR) is 62.0 cm³/mol. The Morgan fingerprint density at radius 1 is 1.53 bits per heavy atom. The van der Waals surface area contributed by atoms with Gasteiger partial charge in [0.05, 0.1) is 16.3 Å². The van der Waals surface area contributed by atoms with Crippen LogP contribution in [-0.2, 0) is 4.74 Å².